The topological polar surface area (TPSA) is 37.8 Å². The van der Waals surface area contributed by atoms with Crippen molar-refractivity contribution in [2.75, 3.05) is 5.32 Å². The first-order valence-corrected chi connectivity index (χ1v) is 7.11. The largest absolute Gasteiger partial charge is 0.356 e. The van der Waals surface area contributed by atoms with Crippen LogP contribution < -0.4 is 5.32 Å². The molecule has 1 aromatic carbocycles. The molecule has 6 heteroatoms. The molecule has 0 saturated heterocycles. The molecule has 0 aliphatic heterocycles. The molecule has 3 aromatic rings. The molecule has 3 nitrogen and oxygen atoms in total. The normalized spacial score (nSPS) is 11.0. The second-order valence-corrected chi connectivity index (χ2v) is 5.94. The second kappa shape index (κ2) is 4.62. The van der Waals surface area contributed by atoms with Crippen LogP contribution in [-0.2, 0) is 6.54 Å². The lowest BCUT2D eigenvalue weighted by Gasteiger charge is -1.97. The molecule has 0 saturated carbocycles. The monoisotopic (exact) mass is 279 g/mol. The maximum atomic E-state index is 13.0. The molecule has 92 valence electrons. The number of rotatable bonds is 3. The van der Waals surface area contributed by atoms with Crippen LogP contribution in [0.15, 0.2) is 23.6 Å². The zero-order valence-corrected chi connectivity index (χ0v) is 11.2. The zero-order chi connectivity index (χ0) is 12.5. The molecule has 0 aliphatic rings. The zero-order valence-electron chi connectivity index (χ0n) is 9.61. The fourth-order valence-corrected chi connectivity index (χ4v) is 3.09. The third kappa shape index (κ3) is 2.34. The van der Waals surface area contributed by atoms with Crippen molar-refractivity contribution in [1.82, 2.24) is 9.97 Å². The summed E-state index contributed by atoms with van der Waals surface area (Å²) in [5.74, 6) is -0.255. The van der Waals surface area contributed by atoms with E-state index >= 15 is 0 Å². The van der Waals surface area contributed by atoms with E-state index in [0.29, 0.717) is 12.1 Å². The summed E-state index contributed by atoms with van der Waals surface area (Å²) < 4.78 is 14.0. The number of fused-ring (bicyclic) bond motifs is 1. The Morgan fingerprint density at radius 2 is 2.22 bits per heavy atom. The summed E-state index contributed by atoms with van der Waals surface area (Å²) in [6, 6.07) is 4.65. The van der Waals surface area contributed by atoms with Crippen LogP contribution in [0.5, 0.6) is 0 Å². The minimum atomic E-state index is -0.255. The predicted octanol–water partition coefficient (Wildman–Crippen LogP) is 3.81. The first-order valence-electron chi connectivity index (χ1n) is 5.42. The van der Waals surface area contributed by atoms with E-state index < -0.39 is 0 Å². The number of nitrogens with zero attached hydrogens (tertiary/aromatic N) is 2. The van der Waals surface area contributed by atoms with Gasteiger partial charge in [-0.05, 0) is 19.1 Å². The van der Waals surface area contributed by atoms with Crippen molar-refractivity contribution in [2.24, 2.45) is 0 Å². The number of anilines is 1. The lowest BCUT2D eigenvalue weighted by Crippen LogP contribution is -1.98. The number of hydrogen-bond acceptors (Lipinski definition) is 5. The highest BCUT2D eigenvalue weighted by Gasteiger charge is 2.05. The number of thiazole rings is 2. The fourth-order valence-electron chi connectivity index (χ4n) is 1.63. The first kappa shape index (κ1) is 11.6. The van der Waals surface area contributed by atoms with Crippen LogP contribution in [0.1, 0.15) is 10.7 Å². The Balaban J connectivity index is 1.78. The molecule has 0 amide bonds. The van der Waals surface area contributed by atoms with Gasteiger partial charge in [0.15, 0.2) is 5.13 Å². The van der Waals surface area contributed by atoms with Crippen LogP contribution in [0.4, 0.5) is 9.52 Å². The van der Waals surface area contributed by atoms with Crippen molar-refractivity contribution in [3.8, 4) is 0 Å². The molecule has 0 radical (unpaired) electrons. The molecule has 1 N–H and O–H groups in total. The van der Waals surface area contributed by atoms with E-state index in [1.54, 1.807) is 17.4 Å². The van der Waals surface area contributed by atoms with Crippen LogP contribution in [0.25, 0.3) is 10.2 Å². The summed E-state index contributed by atoms with van der Waals surface area (Å²) in [5, 5.41) is 7.08. The third-order valence-corrected chi connectivity index (χ3v) is 4.25. The van der Waals surface area contributed by atoms with Crippen LogP contribution in [0.3, 0.4) is 0 Å². The van der Waals surface area contributed by atoms with Crippen molar-refractivity contribution >= 4 is 38.0 Å². The third-order valence-electron chi connectivity index (χ3n) is 2.44. The van der Waals surface area contributed by atoms with Gasteiger partial charge >= 0.3 is 0 Å². The summed E-state index contributed by atoms with van der Waals surface area (Å²) in [5.41, 5.74) is 1.69. The predicted molar refractivity (Wildman–Crippen MR) is 73.8 cm³/mol. The summed E-state index contributed by atoms with van der Waals surface area (Å²) in [7, 11) is 0. The number of hydrogen-bond donors (Lipinski definition) is 1. The van der Waals surface area contributed by atoms with Gasteiger partial charge in [0, 0.05) is 11.4 Å². The van der Waals surface area contributed by atoms with Gasteiger partial charge in [-0.1, -0.05) is 11.3 Å². The smallest absolute Gasteiger partial charge is 0.184 e. The Morgan fingerprint density at radius 1 is 1.33 bits per heavy atom. The van der Waals surface area contributed by atoms with Gasteiger partial charge in [0.25, 0.3) is 0 Å². The highest BCUT2D eigenvalue weighted by Crippen LogP contribution is 2.26. The van der Waals surface area contributed by atoms with Gasteiger partial charge in [0.2, 0.25) is 0 Å². The van der Waals surface area contributed by atoms with E-state index in [1.807, 2.05) is 12.3 Å². The van der Waals surface area contributed by atoms with E-state index in [0.717, 1.165) is 20.5 Å². The van der Waals surface area contributed by atoms with Crippen molar-refractivity contribution in [3.63, 3.8) is 0 Å². The summed E-state index contributed by atoms with van der Waals surface area (Å²) in [6.45, 7) is 2.63. The van der Waals surface area contributed by atoms with Gasteiger partial charge in [-0.25, -0.2) is 14.4 Å². The van der Waals surface area contributed by atoms with E-state index in [1.165, 1.54) is 23.5 Å². The molecular formula is C12H10FN3S2. The molecule has 0 fully saturated rings. The van der Waals surface area contributed by atoms with Crippen LogP contribution in [0.2, 0.25) is 0 Å². The van der Waals surface area contributed by atoms with Crippen LogP contribution in [-0.4, -0.2) is 9.97 Å². The molecule has 18 heavy (non-hydrogen) atoms. The average Bonchev–Trinajstić information content (AvgIpc) is 2.92. The number of aryl methyl sites for hydroxylation is 1. The molecular weight excluding hydrogens is 269 g/mol. The van der Waals surface area contributed by atoms with Crippen molar-refractivity contribution in [2.45, 2.75) is 13.5 Å². The van der Waals surface area contributed by atoms with E-state index in [-0.39, 0.29) is 5.82 Å². The van der Waals surface area contributed by atoms with Gasteiger partial charge in [0.1, 0.15) is 5.82 Å². The Labute approximate surface area is 111 Å². The van der Waals surface area contributed by atoms with Gasteiger partial charge in [0.05, 0.1) is 27.5 Å². The number of aromatic nitrogens is 2. The van der Waals surface area contributed by atoms with Crippen LogP contribution in [0, 0.1) is 12.7 Å². The maximum Gasteiger partial charge on any atom is 0.184 e. The van der Waals surface area contributed by atoms with Gasteiger partial charge in [-0.2, -0.15) is 0 Å². The summed E-state index contributed by atoms with van der Waals surface area (Å²) >= 11 is 3.15. The molecule has 0 atom stereocenters. The summed E-state index contributed by atoms with van der Waals surface area (Å²) in [6.07, 6.45) is 0. The molecule has 3 rings (SSSR count). The molecule has 0 bridgehead atoms. The van der Waals surface area contributed by atoms with Crippen molar-refractivity contribution in [1.29, 1.82) is 0 Å². The Bertz CT molecular complexity index is 690. The van der Waals surface area contributed by atoms with Crippen LogP contribution >= 0.6 is 22.7 Å². The van der Waals surface area contributed by atoms with E-state index in [9.17, 15) is 4.39 Å². The standard InChI is InChI=1S/C12H10FN3S2/c1-7-15-9(6-17-7)5-14-12-16-10-4-8(13)2-3-11(10)18-12/h2-4,6H,5H2,1H3,(H,14,16). The Hall–Kier alpha value is -1.53. The second-order valence-electron chi connectivity index (χ2n) is 3.84. The number of nitrogens with one attached hydrogen (secondary N) is 1. The van der Waals surface area contributed by atoms with E-state index in [2.05, 4.69) is 15.3 Å². The molecule has 0 aliphatic carbocycles. The molecule has 0 unspecified atom stereocenters. The highest BCUT2D eigenvalue weighted by atomic mass is 32.1. The maximum absolute atomic E-state index is 13.0. The van der Waals surface area contributed by atoms with Gasteiger partial charge in [-0.3, -0.25) is 0 Å². The summed E-state index contributed by atoms with van der Waals surface area (Å²) in [4.78, 5) is 8.71. The fraction of sp³-hybridized carbons (Fsp3) is 0.167. The van der Waals surface area contributed by atoms with Gasteiger partial charge < -0.3 is 5.32 Å². The number of halogens is 1. The minimum absolute atomic E-state index is 0.255. The Kier molecular flexibility index (Phi) is 2.97. The van der Waals surface area contributed by atoms with E-state index in [4.69, 9.17) is 0 Å². The highest BCUT2D eigenvalue weighted by molar-refractivity contribution is 7.22. The first-order chi connectivity index (χ1) is 8.70. The Morgan fingerprint density at radius 3 is 3.00 bits per heavy atom. The molecule has 2 aromatic heterocycles. The average molecular weight is 279 g/mol. The lowest BCUT2D eigenvalue weighted by atomic mass is 10.3. The minimum Gasteiger partial charge on any atom is -0.356 e. The SMILES string of the molecule is Cc1nc(CNc2nc3cc(F)ccc3s2)cs1. The lowest BCUT2D eigenvalue weighted by molar-refractivity contribution is 0.629. The van der Waals surface area contributed by atoms with Gasteiger partial charge in [-0.15, -0.1) is 11.3 Å². The van der Waals surface area contributed by atoms with Crippen molar-refractivity contribution < 1.29 is 4.39 Å². The number of benzene rings is 1. The molecule has 2 heterocycles. The quantitative estimate of drug-likeness (QED) is 0.792. The molecule has 0 spiro atoms. The van der Waals surface area contributed by atoms with Crippen molar-refractivity contribution in [3.05, 3.63) is 40.1 Å².